The molecule has 0 aliphatic rings. The van der Waals surface area contributed by atoms with Crippen LogP contribution in [0.25, 0.3) is 11.2 Å². The van der Waals surface area contributed by atoms with Gasteiger partial charge in [0.15, 0.2) is 11.2 Å². The van der Waals surface area contributed by atoms with E-state index in [9.17, 15) is 14.7 Å². The SMILES string of the molecule is C/C(=N\Nc1nc2c(c(=O)[nH]c(=O)n2C)n1Cc1ccc(Cl)cc1)c1ccc(O)cc1. The summed E-state index contributed by atoms with van der Waals surface area (Å²) in [6.07, 6.45) is 0. The van der Waals surface area contributed by atoms with Gasteiger partial charge in [0.1, 0.15) is 5.75 Å². The van der Waals surface area contributed by atoms with E-state index in [-0.39, 0.29) is 16.9 Å². The highest BCUT2D eigenvalue weighted by Gasteiger charge is 2.17. The van der Waals surface area contributed by atoms with Gasteiger partial charge in [0, 0.05) is 12.1 Å². The first-order valence-corrected chi connectivity index (χ1v) is 9.75. The van der Waals surface area contributed by atoms with Gasteiger partial charge in [0.05, 0.1) is 12.3 Å². The van der Waals surface area contributed by atoms with Gasteiger partial charge in [0.25, 0.3) is 5.56 Å². The van der Waals surface area contributed by atoms with Crippen molar-refractivity contribution >= 4 is 34.4 Å². The van der Waals surface area contributed by atoms with Gasteiger partial charge in [-0.15, -0.1) is 0 Å². The molecule has 31 heavy (non-hydrogen) atoms. The van der Waals surface area contributed by atoms with Gasteiger partial charge < -0.3 is 5.11 Å². The Bertz CT molecular complexity index is 1400. The summed E-state index contributed by atoms with van der Waals surface area (Å²) in [4.78, 5) is 31.4. The van der Waals surface area contributed by atoms with Crippen molar-refractivity contribution in [2.45, 2.75) is 13.5 Å². The van der Waals surface area contributed by atoms with Crippen molar-refractivity contribution in [1.82, 2.24) is 19.1 Å². The number of aromatic nitrogens is 4. The molecule has 0 aliphatic heterocycles. The van der Waals surface area contributed by atoms with Crippen LogP contribution in [0, 0.1) is 0 Å². The second-order valence-electron chi connectivity index (χ2n) is 6.99. The quantitative estimate of drug-likeness (QED) is 0.327. The van der Waals surface area contributed by atoms with Gasteiger partial charge in [-0.2, -0.15) is 10.1 Å². The summed E-state index contributed by atoms with van der Waals surface area (Å²) in [5.74, 6) is 0.462. The highest BCUT2D eigenvalue weighted by Crippen LogP contribution is 2.19. The lowest BCUT2D eigenvalue weighted by molar-refractivity contribution is 0.475. The minimum absolute atomic E-state index is 0.161. The number of imidazole rings is 1. The summed E-state index contributed by atoms with van der Waals surface area (Å²) in [5, 5.41) is 14.4. The zero-order valence-corrected chi connectivity index (χ0v) is 17.5. The van der Waals surface area contributed by atoms with Gasteiger partial charge >= 0.3 is 5.69 Å². The molecule has 4 rings (SSSR count). The van der Waals surface area contributed by atoms with Gasteiger partial charge in [0.2, 0.25) is 5.95 Å². The topological polar surface area (TPSA) is 117 Å². The molecule has 0 fully saturated rings. The fraction of sp³-hybridized carbons (Fsp3) is 0.143. The Hall–Kier alpha value is -3.85. The monoisotopic (exact) mass is 438 g/mol. The van der Waals surface area contributed by atoms with Crippen molar-refractivity contribution in [2.24, 2.45) is 12.1 Å². The lowest BCUT2D eigenvalue weighted by Gasteiger charge is -2.09. The van der Waals surface area contributed by atoms with Crippen LogP contribution in [0.1, 0.15) is 18.1 Å². The van der Waals surface area contributed by atoms with E-state index in [1.807, 2.05) is 12.1 Å². The van der Waals surface area contributed by atoms with Gasteiger partial charge in [-0.3, -0.25) is 18.9 Å². The molecule has 9 nitrogen and oxygen atoms in total. The lowest BCUT2D eigenvalue weighted by atomic mass is 10.1. The molecule has 2 aromatic carbocycles. The highest BCUT2D eigenvalue weighted by molar-refractivity contribution is 6.30. The Morgan fingerprint density at radius 2 is 1.84 bits per heavy atom. The van der Waals surface area contributed by atoms with E-state index < -0.39 is 11.2 Å². The molecule has 0 spiro atoms. The van der Waals surface area contributed by atoms with Crippen LogP contribution in [0.2, 0.25) is 5.02 Å². The van der Waals surface area contributed by atoms with E-state index in [4.69, 9.17) is 11.6 Å². The van der Waals surface area contributed by atoms with E-state index in [1.54, 1.807) is 47.9 Å². The zero-order valence-electron chi connectivity index (χ0n) is 16.8. The number of aromatic hydroxyl groups is 1. The summed E-state index contributed by atoms with van der Waals surface area (Å²) in [6.45, 7) is 2.11. The van der Waals surface area contributed by atoms with E-state index in [0.29, 0.717) is 23.2 Å². The van der Waals surface area contributed by atoms with E-state index >= 15 is 0 Å². The average Bonchev–Trinajstić information content (AvgIpc) is 3.11. The first-order chi connectivity index (χ1) is 14.8. The van der Waals surface area contributed by atoms with Crippen LogP contribution < -0.4 is 16.7 Å². The number of halogens is 1. The number of rotatable bonds is 5. The number of aromatic amines is 1. The van der Waals surface area contributed by atoms with Crippen LogP contribution in [0.5, 0.6) is 5.75 Å². The van der Waals surface area contributed by atoms with Crippen LogP contribution >= 0.6 is 11.6 Å². The zero-order chi connectivity index (χ0) is 22.1. The predicted molar refractivity (Wildman–Crippen MR) is 120 cm³/mol. The molecule has 10 heteroatoms. The van der Waals surface area contributed by atoms with Gasteiger partial charge in [-0.25, -0.2) is 10.2 Å². The molecule has 0 radical (unpaired) electrons. The van der Waals surface area contributed by atoms with Gasteiger partial charge in [-0.05, 0) is 54.4 Å². The number of phenols is 1. The number of aryl methyl sites for hydroxylation is 1. The highest BCUT2D eigenvalue weighted by atomic mass is 35.5. The van der Waals surface area contributed by atoms with E-state index in [1.165, 1.54) is 11.6 Å². The number of benzene rings is 2. The van der Waals surface area contributed by atoms with Crippen molar-refractivity contribution in [3.8, 4) is 5.75 Å². The summed E-state index contributed by atoms with van der Waals surface area (Å²) in [5.41, 5.74) is 4.64. The van der Waals surface area contributed by atoms with E-state index in [0.717, 1.165) is 11.1 Å². The molecule has 0 saturated carbocycles. The van der Waals surface area contributed by atoms with Crippen LogP contribution in [-0.4, -0.2) is 29.9 Å². The number of nitrogens with one attached hydrogen (secondary N) is 2. The summed E-state index contributed by atoms with van der Waals surface area (Å²) in [6, 6.07) is 13.8. The van der Waals surface area contributed by atoms with Crippen LogP contribution in [0.15, 0.2) is 63.2 Å². The second-order valence-corrected chi connectivity index (χ2v) is 7.43. The van der Waals surface area contributed by atoms with Crippen molar-refractivity contribution < 1.29 is 5.11 Å². The maximum atomic E-state index is 12.6. The third-order valence-electron chi connectivity index (χ3n) is 4.87. The molecule has 0 amide bonds. The Labute approximate surface area is 181 Å². The molecule has 3 N–H and O–H groups in total. The van der Waals surface area contributed by atoms with Gasteiger partial charge in [-0.1, -0.05) is 23.7 Å². The molecule has 158 valence electrons. The van der Waals surface area contributed by atoms with Crippen molar-refractivity contribution in [3.63, 3.8) is 0 Å². The maximum Gasteiger partial charge on any atom is 0.329 e. The number of hydrogen-bond donors (Lipinski definition) is 3. The number of H-pyrrole nitrogens is 1. The molecule has 4 aromatic rings. The molecular formula is C21H19ClN6O3. The molecule has 0 aliphatic carbocycles. The number of fused-ring (bicyclic) bond motifs is 1. The Kier molecular flexibility index (Phi) is 5.35. The molecule has 2 heterocycles. The molecule has 0 saturated heterocycles. The third kappa shape index (κ3) is 4.08. The first-order valence-electron chi connectivity index (χ1n) is 9.37. The number of hydrogen-bond acceptors (Lipinski definition) is 6. The third-order valence-corrected chi connectivity index (χ3v) is 5.12. The Balaban J connectivity index is 1.80. The molecule has 2 aromatic heterocycles. The van der Waals surface area contributed by atoms with Crippen molar-refractivity contribution in [2.75, 3.05) is 5.43 Å². The Morgan fingerprint density at radius 3 is 2.52 bits per heavy atom. The van der Waals surface area contributed by atoms with Crippen LogP contribution in [-0.2, 0) is 13.6 Å². The standard InChI is InChI=1S/C21H19ClN6O3/c1-12(14-5-9-16(29)10-6-14)25-26-20-23-18-17(19(30)24-21(31)27(18)2)28(20)11-13-3-7-15(22)8-4-13/h3-10,29H,11H2,1-2H3,(H,23,26)(H,24,30,31)/b25-12+. The van der Waals surface area contributed by atoms with Crippen molar-refractivity contribution in [3.05, 3.63) is 85.5 Å². The normalized spacial score (nSPS) is 11.8. The molecular weight excluding hydrogens is 420 g/mol. The minimum atomic E-state index is -0.552. The molecule has 0 bridgehead atoms. The van der Waals surface area contributed by atoms with Crippen LogP contribution in [0.4, 0.5) is 5.95 Å². The summed E-state index contributed by atoms with van der Waals surface area (Å²) >= 11 is 5.98. The van der Waals surface area contributed by atoms with Crippen LogP contribution in [0.3, 0.4) is 0 Å². The smallest absolute Gasteiger partial charge is 0.329 e. The number of anilines is 1. The predicted octanol–water partition coefficient (Wildman–Crippen LogP) is 2.67. The summed E-state index contributed by atoms with van der Waals surface area (Å²) in [7, 11) is 1.54. The van der Waals surface area contributed by atoms with E-state index in [2.05, 4.69) is 20.5 Å². The number of hydrazone groups is 1. The Morgan fingerprint density at radius 1 is 1.16 bits per heavy atom. The average molecular weight is 439 g/mol. The fourth-order valence-corrected chi connectivity index (χ4v) is 3.27. The number of nitrogens with zero attached hydrogens (tertiary/aromatic N) is 4. The second kappa shape index (κ2) is 8.11. The lowest BCUT2D eigenvalue weighted by Crippen LogP contribution is -2.29. The molecule has 0 unspecified atom stereocenters. The number of phenolic OH excluding ortho intramolecular Hbond substituents is 1. The largest absolute Gasteiger partial charge is 0.508 e. The summed E-state index contributed by atoms with van der Waals surface area (Å²) < 4.78 is 2.93. The maximum absolute atomic E-state index is 12.6. The van der Waals surface area contributed by atoms with Crippen molar-refractivity contribution in [1.29, 1.82) is 0 Å². The molecule has 0 atom stereocenters. The minimum Gasteiger partial charge on any atom is -0.508 e. The fourth-order valence-electron chi connectivity index (χ4n) is 3.15. The first kappa shape index (κ1) is 20.4.